The van der Waals surface area contributed by atoms with Gasteiger partial charge in [0.2, 0.25) is 16.6 Å². The zero-order valence-corrected chi connectivity index (χ0v) is 23.1. The fourth-order valence-electron chi connectivity index (χ4n) is 2.53. The number of aliphatic hydroxyl groups is 1. The Bertz CT molecular complexity index is 749. The van der Waals surface area contributed by atoms with Gasteiger partial charge in [-0.3, -0.25) is 0 Å². The molecule has 0 aromatic heterocycles. The SMILES string of the molecule is C#CC(Cc1ccc(O[Si](C)(C)C(C)(C)C)cc1O[Si](C)(C)C(C)(C)C)C(C)CO. The zero-order valence-electron chi connectivity index (χ0n) is 21.1. The molecular formula is C25H44O3Si2. The Morgan fingerprint density at radius 3 is 1.90 bits per heavy atom. The van der Waals surface area contributed by atoms with E-state index in [-0.39, 0.29) is 28.5 Å². The highest BCUT2D eigenvalue weighted by atomic mass is 28.4. The lowest BCUT2D eigenvalue weighted by atomic mass is 9.89. The molecule has 1 aromatic carbocycles. The molecule has 1 rings (SSSR count). The fourth-order valence-corrected chi connectivity index (χ4v) is 4.59. The molecule has 2 atom stereocenters. The van der Waals surface area contributed by atoms with Gasteiger partial charge in [0.15, 0.2) is 0 Å². The van der Waals surface area contributed by atoms with Crippen molar-refractivity contribution < 1.29 is 14.0 Å². The fraction of sp³-hybridized carbons (Fsp3) is 0.680. The molecule has 170 valence electrons. The van der Waals surface area contributed by atoms with Crippen LogP contribution in [0.4, 0.5) is 0 Å². The van der Waals surface area contributed by atoms with E-state index in [1.807, 2.05) is 13.0 Å². The molecule has 0 radical (unpaired) electrons. The summed E-state index contributed by atoms with van der Waals surface area (Å²) in [4.78, 5) is 0. The Balaban J connectivity index is 3.40. The summed E-state index contributed by atoms with van der Waals surface area (Å²) in [6, 6.07) is 6.21. The van der Waals surface area contributed by atoms with Gasteiger partial charge in [0.05, 0.1) is 0 Å². The van der Waals surface area contributed by atoms with Crippen LogP contribution in [0.2, 0.25) is 36.3 Å². The van der Waals surface area contributed by atoms with E-state index in [9.17, 15) is 5.11 Å². The van der Waals surface area contributed by atoms with Crippen molar-refractivity contribution in [3.8, 4) is 23.8 Å². The highest BCUT2D eigenvalue weighted by Gasteiger charge is 2.41. The lowest BCUT2D eigenvalue weighted by Gasteiger charge is -2.38. The van der Waals surface area contributed by atoms with Crippen molar-refractivity contribution >= 4 is 16.6 Å². The highest BCUT2D eigenvalue weighted by molar-refractivity contribution is 6.75. The van der Waals surface area contributed by atoms with E-state index in [0.717, 1.165) is 17.1 Å². The molecular weight excluding hydrogens is 404 g/mol. The average molecular weight is 449 g/mol. The molecule has 0 heterocycles. The van der Waals surface area contributed by atoms with E-state index in [0.29, 0.717) is 6.42 Å². The molecule has 0 aliphatic carbocycles. The van der Waals surface area contributed by atoms with Crippen molar-refractivity contribution in [2.45, 2.75) is 91.2 Å². The Morgan fingerprint density at radius 1 is 0.967 bits per heavy atom. The third-order valence-corrected chi connectivity index (χ3v) is 15.7. The number of aliphatic hydroxyl groups excluding tert-OH is 1. The predicted molar refractivity (Wildman–Crippen MR) is 134 cm³/mol. The topological polar surface area (TPSA) is 38.7 Å². The third kappa shape index (κ3) is 6.64. The first kappa shape index (κ1) is 26.8. The first-order valence-corrected chi connectivity index (χ1v) is 16.8. The summed E-state index contributed by atoms with van der Waals surface area (Å²) < 4.78 is 13.3. The molecule has 0 aliphatic rings. The molecule has 0 bridgehead atoms. The van der Waals surface area contributed by atoms with E-state index in [1.54, 1.807) is 0 Å². The Labute approximate surface area is 187 Å². The minimum atomic E-state index is -2.04. The number of hydrogen-bond donors (Lipinski definition) is 1. The Hall–Kier alpha value is -1.23. The van der Waals surface area contributed by atoms with E-state index in [2.05, 4.69) is 85.8 Å². The normalized spacial score (nSPS) is 15.3. The van der Waals surface area contributed by atoms with Gasteiger partial charge in [-0.05, 0) is 60.2 Å². The van der Waals surface area contributed by atoms with Gasteiger partial charge in [0.1, 0.15) is 11.5 Å². The molecule has 5 heteroatoms. The van der Waals surface area contributed by atoms with Gasteiger partial charge in [0, 0.05) is 18.6 Å². The highest BCUT2D eigenvalue weighted by Crippen LogP contribution is 2.42. The summed E-state index contributed by atoms with van der Waals surface area (Å²) >= 11 is 0. The van der Waals surface area contributed by atoms with E-state index >= 15 is 0 Å². The van der Waals surface area contributed by atoms with Crippen LogP contribution in [0.3, 0.4) is 0 Å². The van der Waals surface area contributed by atoms with Crippen molar-refractivity contribution in [3.63, 3.8) is 0 Å². The quantitative estimate of drug-likeness (QED) is 0.348. The second-order valence-corrected chi connectivity index (χ2v) is 21.1. The monoisotopic (exact) mass is 448 g/mol. The van der Waals surface area contributed by atoms with Crippen molar-refractivity contribution in [2.24, 2.45) is 11.8 Å². The maximum absolute atomic E-state index is 9.59. The average Bonchev–Trinajstić information content (AvgIpc) is 2.57. The lowest BCUT2D eigenvalue weighted by Crippen LogP contribution is -2.44. The van der Waals surface area contributed by atoms with Gasteiger partial charge in [0.25, 0.3) is 0 Å². The summed E-state index contributed by atoms with van der Waals surface area (Å²) in [7, 11) is -3.99. The van der Waals surface area contributed by atoms with Gasteiger partial charge in [-0.25, -0.2) is 0 Å². The summed E-state index contributed by atoms with van der Waals surface area (Å²) in [5.74, 6) is 4.61. The number of benzene rings is 1. The van der Waals surface area contributed by atoms with Gasteiger partial charge in [-0.15, -0.1) is 12.3 Å². The Kier molecular flexibility index (Phi) is 8.49. The first-order chi connectivity index (χ1) is 13.4. The standard InChI is InChI=1S/C25H44O3Si2/c1-13-20(19(2)18-26)16-21-14-15-22(27-29(9,10)24(3,4)5)17-23(21)28-30(11,12)25(6,7)8/h1,14-15,17,19-20,26H,16,18H2,2-12H3. The second kappa shape index (κ2) is 9.50. The van der Waals surface area contributed by atoms with Crippen LogP contribution in [0.5, 0.6) is 11.5 Å². The summed E-state index contributed by atoms with van der Waals surface area (Å²) in [5, 5.41) is 9.80. The molecule has 0 saturated heterocycles. The Morgan fingerprint density at radius 2 is 1.47 bits per heavy atom. The maximum Gasteiger partial charge on any atom is 0.250 e. The molecule has 0 aliphatic heterocycles. The van der Waals surface area contributed by atoms with Crippen LogP contribution < -0.4 is 8.85 Å². The second-order valence-electron chi connectivity index (χ2n) is 11.6. The molecule has 0 saturated carbocycles. The van der Waals surface area contributed by atoms with Crippen LogP contribution in [0.15, 0.2) is 18.2 Å². The van der Waals surface area contributed by atoms with E-state index < -0.39 is 16.6 Å². The predicted octanol–water partition coefficient (Wildman–Crippen LogP) is 6.87. The summed E-state index contributed by atoms with van der Waals surface area (Å²) in [5.41, 5.74) is 1.09. The van der Waals surface area contributed by atoms with Crippen LogP contribution in [-0.4, -0.2) is 28.3 Å². The van der Waals surface area contributed by atoms with Crippen LogP contribution in [0.1, 0.15) is 54.0 Å². The third-order valence-electron chi connectivity index (χ3n) is 7.02. The molecule has 1 N–H and O–H groups in total. The van der Waals surface area contributed by atoms with Gasteiger partial charge in [-0.1, -0.05) is 54.5 Å². The van der Waals surface area contributed by atoms with Crippen molar-refractivity contribution in [2.75, 3.05) is 6.61 Å². The smallest absolute Gasteiger partial charge is 0.250 e. The van der Waals surface area contributed by atoms with E-state index in [4.69, 9.17) is 15.3 Å². The number of terminal acetylenes is 1. The van der Waals surface area contributed by atoms with Crippen molar-refractivity contribution in [1.29, 1.82) is 0 Å². The first-order valence-electron chi connectivity index (χ1n) is 11.0. The largest absolute Gasteiger partial charge is 0.543 e. The van der Waals surface area contributed by atoms with Crippen LogP contribution >= 0.6 is 0 Å². The van der Waals surface area contributed by atoms with Crippen molar-refractivity contribution in [1.82, 2.24) is 0 Å². The van der Waals surface area contributed by atoms with Crippen LogP contribution in [0, 0.1) is 24.2 Å². The zero-order chi connectivity index (χ0) is 23.5. The van der Waals surface area contributed by atoms with Gasteiger partial charge < -0.3 is 14.0 Å². The molecule has 1 aromatic rings. The molecule has 0 fully saturated rings. The lowest BCUT2D eigenvalue weighted by molar-refractivity contribution is 0.209. The minimum Gasteiger partial charge on any atom is -0.543 e. The van der Waals surface area contributed by atoms with E-state index in [1.165, 1.54) is 0 Å². The minimum absolute atomic E-state index is 0.0380. The summed E-state index contributed by atoms with van der Waals surface area (Å²) in [6.07, 6.45) is 6.48. The van der Waals surface area contributed by atoms with Gasteiger partial charge >= 0.3 is 0 Å². The van der Waals surface area contributed by atoms with Crippen molar-refractivity contribution in [3.05, 3.63) is 23.8 Å². The van der Waals surface area contributed by atoms with Crippen LogP contribution in [0.25, 0.3) is 0 Å². The summed E-state index contributed by atoms with van der Waals surface area (Å²) in [6.45, 7) is 24.6. The number of rotatable bonds is 8. The molecule has 0 amide bonds. The molecule has 3 nitrogen and oxygen atoms in total. The molecule has 0 spiro atoms. The molecule has 30 heavy (non-hydrogen) atoms. The maximum atomic E-state index is 9.59. The van der Waals surface area contributed by atoms with Crippen LogP contribution in [-0.2, 0) is 6.42 Å². The van der Waals surface area contributed by atoms with Gasteiger partial charge in [-0.2, -0.15) is 0 Å². The number of hydrogen-bond acceptors (Lipinski definition) is 3. The molecule has 2 unspecified atom stereocenters.